The van der Waals surface area contributed by atoms with Crippen LogP contribution in [0.1, 0.15) is 34.1 Å². The molecule has 0 radical (unpaired) electrons. The van der Waals surface area contributed by atoms with Crippen LogP contribution in [0, 0.1) is 0 Å². The van der Waals surface area contributed by atoms with Gasteiger partial charge in [0.1, 0.15) is 0 Å². The fourth-order valence-corrected chi connectivity index (χ4v) is 4.93. The van der Waals surface area contributed by atoms with Crippen molar-refractivity contribution in [2.24, 2.45) is 0 Å². The Morgan fingerprint density at radius 1 is 1.42 bits per heavy atom. The number of hydrogen-bond acceptors (Lipinski definition) is 4. The average Bonchev–Trinajstić information content (AvgIpc) is 2.20. The average molecular weight is 287 g/mol. The third kappa shape index (κ3) is 3.17. The van der Waals surface area contributed by atoms with E-state index in [0.29, 0.717) is 13.0 Å². The van der Waals surface area contributed by atoms with Gasteiger partial charge in [0.05, 0.1) is 13.7 Å². The minimum atomic E-state index is -2.06. The summed E-state index contributed by atoms with van der Waals surface area (Å²) in [5.74, 6) is -0.495. The van der Waals surface area contributed by atoms with Crippen molar-refractivity contribution >= 4 is 20.0 Å². The molecule has 1 fully saturated rings. The van der Waals surface area contributed by atoms with E-state index in [9.17, 15) is 14.7 Å². The second-order valence-electron chi connectivity index (χ2n) is 6.75. The van der Waals surface area contributed by atoms with Crippen molar-refractivity contribution < 1.29 is 19.4 Å². The number of aliphatic hydroxyl groups excluding tert-OH is 1. The van der Waals surface area contributed by atoms with E-state index in [1.807, 2.05) is 0 Å². The van der Waals surface area contributed by atoms with Crippen molar-refractivity contribution in [2.75, 3.05) is 6.54 Å². The number of carbonyl (C=O) groups excluding carboxylic acids is 2. The van der Waals surface area contributed by atoms with Crippen LogP contribution >= 0.6 is 0 Å². The normalized spacial score (nSPS) is 19.7. The molecule has 1 aliphatic rings. The highest BCUT2D eigenvalue weighted by Gasteiger charge is 2.52. The number of likely N-dealkylation sites (tertiary alicyclic amines) is 1. The first kappa shape index (κ1) is 16.2. The third-order valence-corrected chi connectivity index (χ3v) is 10.4. The molecule has 0 aromatic heterocycles. The summed E-state index contributed by atoms with van der Waals surface area (Å²) in [6, 6.07) is 0. The van der Waals surface area contributed by atoms with Gasteiger partial charge in [0.2, 0.25) is 12.2 Å². The van der Waals surface area contributed by atoms with E-state index in [2.05, 4.69) is 33.9 Å². The lowest BCUT2D eigenvalue weighted by Crippen LogP contribution is -2.68. The zero-order valence-electron chi connectivity index (χ0n) is 12.7. The van der Waals surface area contributed by atoms with Crippen molar-refractivity contribution in [1.82, 2.24) is 4.90 Å². The Labute approximate surface area is 115 Å². The van der Waals surface area contributed by atoms with Gasteiger partial charge in [0.25, 0.3) is 0 Å². The van der Waals surface area contributed by atoms with Gasteiger partial charge in [-0.25, -0.2) is 0 Å². The van der Waals surface area contributed by atoms with E-state index in [0.717, 1.165) is 0 Å². The SMILES string of the molecule is CC(=O)O[C@H](O)[C@H](N1CCC1=O)[Si](C)(C)C(C)(C)C. The number of aliphatic hydroxyl groups is 1. The number of esters is 1. The molecule has 110 valence electrons. The molecule has 1 aliphatic heterocycles. The number of rotatable bonds is 4. The van der Waals surface area contributed by atoms with Crippen LogP contribution in [0.2, 0.25) is 18.1 Å². The van der Waals surface area contributed by atoms with Crippen LogP contribution in [0.15, 0.2) is 0 Å². The molecular weight excluding hydrogens is 262 g/mol. The molecule has 1 N–H and O–H groups in total. The number of carbonyl (C=O) groups is 2. The summed E-state index contributed by atoms with van der Waals surface area (Å²) in [5.41, 5.74) is -0.391. The molecule has 0 spiro atoms. The molecule has 1 heterocycles. The van der Waals surface area contributed by atoms with E-state index < -0.39 is 26.0 Å². The zero-order valence-corrected chi connectivity index (χ0v) is 13.7. The van der Waals surface area contributed by atoms with Gasteiger partial charge >= 0.3 is 5.97 Å². The van der Waals surface area contributed by atoms with Gasteiger partial charge in [0.15, 0.2) is 0 Å². The molecule has 0 aliphatic carbocycles. The second-order valence-corrected chi connectivity index (χ2v) is 12.3. The maximum atomic E-state index is 11.7. The smallest absolute Gasteiger partial charge is 0.304 e. The van der Waals surface area contributed by atoms with Gasteiger partial charge in [-0.3, -0.25) is 9.59 Å². The number of amides is 1. The Bertz CT molecular complexity index is 375. The molecule has 19 heavy (non-hydrogen) atoms. The summed E-state index contributed by atoms with van der Waals surface area (Å²) in [6.07, 6.45) is -0.722. The summed E-state index contributed by atoms with van der Waals surface area (Å²) < 4.78 is 4.96. The topological polar surface area (TPSA) is 66.8 Å². The van der Waals surface area contributed by atoms with Crippen LogP contribution < -0.4 is 0 Å². The molecule has 2 atom stereocenters. The number of ether oxygens (including phenoxy) is 1. The van der Waals surface area contributed by atoms with Gasteiger partial charge < -0.3 is 14.7 Å². The summed E-state index contributed by atoms with van der Waals surface area (Å²) in [5, 5.41) is 10.2. The summed E-state index contributed by atoms with van der Waals surface area (Å²) >= 11 is 0. The van der Waals surface area contributed by atoms with Crippen molar-refractivity contribution in [3.63, 3.8) is 0 Å². The molecule has 0 saturated carbocycles. The molecule has 1 saturated heterocycles. The highest BCUT2D eigenvalue weighted by Crippen LogP contribution is 2.42. The second kappa shape index (κ2) is 5.24. The van der Waals surface area contributed by atoms with Gasteiger partial charge in [-0.2, -0.15) is 0 Å². The highest BCUT2D eigenvalue weighted by atomic mass is 28.3. The molecule has 6 heteroatoms. The molecule has 0 bridgehead atoms. The molecule has 0 aromatic rings. The monoisotopic (exact) mass is 287 g/mol. The lowest BCUT2D eigenvalue weighted by molar-refractivity contribution is -0.178. The molecule has 1 rings (SSSR count). The van der Waals surface area contributed by atoms with Crippen LogP contribution in [0.5, 0.6) is 0 Å². The van der Waals surface area contributed by atoms with E-state index in [1.165, 1.54) is 6.92 Å². The number of nitrogens with zero attached hydrogens (tertiary/aromatic N) is 1. The standard InChI is InChI=1S/C13H25NO4Si/c1-9(15)18-12(17)11(14-8-7-10(14)16)19(5,6)13(2,3)4/h11-12,17H,7-8H2,1-6H3/t11-,12+/m1/s1. The van der Waals surface area contributed by atoms with Gasteiger partial charge in [-0.15, -0.1) is 0 Å². The first-order valence-electron chi connectivity index (χ1n) is 6.63. The lowest BCUT2D eigenvalue weighted by atomic mass is 10.2. The minimum Gasteiger partial charge on any atom is -0.434 e. The molecule has 0 unspecified atom stereocenters. The fourth-order valence-electron chi connectivity index (χ4n) is 2.20. The Hall–Kier alpha value is -0.883. The van der Waals surface area contributed by atoms with Crippen LogP contribution in [-0.4, -0.2) is 48.5 Å². The Morgan fingerprint density at radius 3 is 2.21 bits per heavy atom. The lowest BCUT2D eigenvalue weighted by Gasteiger charge is -2.51. The van der Waals surface area contributed by atoms with E-state index >= 15 is 0 Å². The summed E-state index contributed by atoms with van der Waals surface area (Å²) in [4.78, 5) is 24.5. The molecule has 5 nitrogen and oxygen atoms in total. The quantitative estimate of drug-likeness (QED) is 0.368. The summed E-state index contributed by atoms with van der Waals surface area (Å²) in [6.45, 7) is 12.5. The van der Waals surface area contributed by atoms with E-state index in [-0.39, 0.29) is 10.9 Å². The Kier molecular flexibility index (Phi) is 4.46. The van der Waals surface area contributed by atoms with Gasteiger partial charge in [-0.1, -0.05) is 33.9 Å². The van der Waals surface area contributed by atoms with Crippen molar-refractivity contribution in [3.05, 3.63) is 0 Å². The first-order chi connectivity index (χ1) is 8.48. The zero-order chi connectivity index (χ0) is 15.0. The highest BCUT2D eigenvalue weighted by molar-refractivity contribution is 6.81. The summed E-state index contributed by atoms with van der Waals surface area (Å²) in [7, 11) is -2.06. The van der Waals surface area contributed by atoms with Gasteiger partial charge in [-0.05, 0) is 5.04 Å². The predicted octanol–water partition coefficient (Wildman–Crippen LogP) is 1.52. The minimum absolute atomic E-state index is 0.0192. The predicted molar refractivity (Wildman–Crippen MR) is 75.1 cm³/mol. The maximum absolute atomic E-state index is 11.7. The first-order valence-corrected chi connectivity index (χ1v) is 9.71. The van der Waals surface area contributed by atoms with Crippen LogP contribution in [0.3, 0.4) is 0 Å². The third-order valence-electron chi connectivity index (χ3n) is 4.45. The Morgan fingerprint density at radius 2 is 1.95 bits per heavy atom. The van der Waals surface area contributed by atoms with Crippen molar-refractivity contribution in [3.8, 4) is 0 Å². The molecule has 1 amide bonds. The Balaban J connectivity index is 3.05. The number of hydrogen-bond donors (Lipinski definition) is 1. The number of β-lactam (4-membered cyclic amide) rings is 1. The largest absolute Gasteiger partial charge is 0.434 e. The van der Waals surface area contributed by atoms with Crippen molar-refractivity contribution in [2.45, 2.75) is 64.2 Å². The van der Waals surface area contributed by atoms with Gasteiger partial charge in [0, 0.05) is 19.9 Å². The van der Waals surface area contributed by atoms with E-state index in [4.69, 9.17) is 4.74 Å². The van der Waals surface area contributed by atoms with Crippen LogP contribution in [-0.2, 0) is 14.3 Å². The van der Waals surface area contributed by atoms with Crippen LogP contribution in [0.4, 0.5) is 0 Å². The maximum Gasteiger partial charge on any atom is 0.304 e. The molecular formula is C13H25NO4Si. The molecule has 0 aromatic carbocycles. The van der Waals surface area contributed by atoms with Crippen molar-refractivity contribution in [1.29, 1.82) is 0 Å². The van der Waals surface area contributed by atoms with E-state index in [1.54, 1.807) is 4.90 Å². The van der Waals surface area contributed by atoms with Crippen LogP contribution in [0.25, 0.3) is 0 Å². The fraction of sp³-hybridized carbons (Fsp3) is 0.846.